The second kappa shape index (κ2) is 9.62. The summed E-state index contributed by atoms with van der Waals surface area (Å²) in [5.41, 5.74) is 2.54. The van der Waals surface area contributed by atoms with Crippen LogP contribution in [-0.2, 0) is 11.2 Å². The molecule has 27 heavy (non-hydrogen) atoms. The molecule has 0 fully saturated rings. The monoisotopic (exact) mass is 368 g/mol. The molecular weight excluding hydrogens is 340 g/mol. The van der Waals surface area contributed by atoms with Crippen molar-refractivity contribution in [1.82, 2.24) is 10.2 Å². The third-order valence-electron chi connectivity index (χ3n) is 4.49. The number of urea groups is 1. The Kier molecular flexibility index (Phi) is 7.23. The van der Waals surface area contributed by atoms with Gasteiger partial charge in [-0.05, 0) is 30.7 Å². The zero-order chi connectivity index (χ0) is 19.8. The van der Waals surface area contributed by atoms with E-state index in [2.05, 4.69) is 22.5 Å². The maximum absolute atomic E-state index is 12.3. The number of nitrogens with zero attached hydrogens (tertiary/aromatic N) is 2. The van der Waals surface area contributed by atoms with Crippen molar-refractivity contribution in [1.29, 1.82) is 0 Å². The summed E-state index contributed by atoms with van der Waals surface area (Å²) in [7, 11) is 5.44. The lowest BCUT2D eigenvalue weighted by atomic mass is 10.1. The second-order valence-electron chi connectivity index (χ2n) is 6.75. The molecule has 0 heterocycles. The molecule has 1 atom stereocenters. The van der Waals surface area contributed by atoms with Gasteiger partial charge in [-0.1, -0.05) is 36.4 Å². The van der Waals surface area contributed by atoms with Gasteiger partial charge >= 0.3 is 6.03 Å². The van der Waals surface area contributed by atoms with Gasteiger partial charge in [0.1, 0.15) is 0 Å². The number of benzene rings is 2. The molecule has 6 heteroatoms. The maximum Gasteiger partial charge on any atom is 0.319 e. The Bertz CT molecular complexity index is 762. The lowest BCUT2D eigenvalue weighted by Gasteiger charge is -2.27. The Hall–Kier alpha value is -3.02. The van der Waals surface area contributed by atoms with Gasteiger partial charge in [0.15, 0.2) is 0 Å². The van der Waals surface area contributed by atoms with E-state index < -0.39 is 0 Å². The summed E-state index contributed by atoms with van der Waals surface area (Å²) in [5, 5.41) is 5.75. The van der Waals surface area contributed by atoms with E-state index >= 15 is 0 Å². The molecule has 0 saturated carbocycles. The van der Waals surface area contributed by atoms with Crippen molar-refractivity contribution < 1.29 is 9.59 Å². The van der Waals surface area contributed by atoms with E-state index in [1.165, 1.54) is 4.90 Å². The molecule has 6 nitrogen and oxygen atoms in total. The van der Waals surface area contributed by atoms with Crippen molar-refractivity contribution in [2.24, 2.45) is 0 Å². The maximum atomic E-state index is 12.3. The van der Waals surface area contributed by atoms with Gasteiger partial charge in [-0.3, -0.25) is 4.79 Å². The zero-order valence-corrected chi connectivity index (χ0v) is 16.4. The minimum atomic E-state index is -0.284. The molecule has 0 aliphatic heterocycles. The Morgan fingerprint density at radius 1 is 0.963 bits per heavy atom. The van der Waals surface area contributed by atoms with Gasteiger partial charge < -0.3 is 20.4 Å². The number of carbonyl (C=O) groups excluding carboxylic acids is 2. The van der Waals surface area contributed by atoms with Crippen LogP contribution >= 0.6 is 0 Å². The van der Waals surface area contributed by atoms with Crippen LogP contribution in [0.15, 0.2) is 54.6 Å². The van der Waals surface area contributed by atoms with E-state index in [1.807, 2.05) is 55.6 Å². The van der Waals surface area contributed by atoms with E-state index in [0.29, 0.717) is 12.2 Å². The van der Waals surface area contributed by atoms with Gasteiger partial charge in [0.25, 0.3) is 0 Å². The molecular formula is C21H28N4O2. The Morgan fingerprint density at radius 3 is 2.26 bits per heavy atom. The van der Waals surface area contributed by atoms with Gasteiger partial charge in [0.2, 0.25) is 5.91 Å². The van der Waals surface area contributed by atoms with Crippen LogP contribution in [0.4, 0.5) is 16.2 Å². The second-order valence-corrected chi connectivity index (χ2v) is 6.75. The summed E-state index contributed by atoms with van der Waals surface area (Å²) in [6.45, 7) is 2.55. The molecule has 2 rings (SSSR count). The average molecular weight is 368 g/mol. The molecule has 0 bridgehead atoms. The van der Waals surface area contributed by atoms with E-state index in [0.717, 1.165) is 11.3 Å². The normalized spacial score (nSPS) is 11.4. The third kappa shape index (κ3) is 6.02. The lowest BCUT2D eigenvalue weighted by Crippen LogP contribution is -2.41. The highest BCUT2D eigenvalue weighted by atomic mass is 16.2. The summed E-state index contributed by atoms with van der Waals surface area (Å²) >= 11 is 0. The minimum Gasteiger partial charge on any atom is -0.370 e. The molecule has 0 saturated heterocycles. The van der Waals surface area contributed by atoms with Crippen molar-refractivity contribution in [3.8, 4) is 0 Å². The number of anilines is 2. The predicted octanol–water partition coefficient (Wildman–Crippen LogP) is 2.96. The Morgan fingerprint density at radius 2 is 1.59 bits per heavy atom. The lowest BCUT2D eigenvalue weighted by molar-refractivity contribution is -0.127. The highest BCUT2D eigenvalue weighted by molar-refractivity contribution is 5.91. The van der Waals surface area contributed by atoms with Crippen molar-refractivity contribution >= 4 is 23.3 Å². The summed E-state index contributed by atoms with van der Waals surface area (Å²) in [6.07, 6.45) is 0.247. The minimum absolute atomic E-state index is 0.0113. The van der Waals surface area contributed by atoms with E-state index in [9.17, 15) is 9.59 Å². The SMILES string of the molecule is CC(CNC(=O)Nc1ccccc1CC(=O)N(C)C)N(C)c1ccccc1. The first-order valence-electron chi connectivity index (χ1n) is 8.99. The fourth-order valence-corrected chi connectivity index (χ4v) is 2.58. The predicted molar refractivity (Wildman–Crippen MR) is 110 cm³/mol. The number of amides is 3. The van der Waals surface area contributed by atoms with Gasteiger partial charge in [-0.15, -0.1) is 0 Å². The number of hydrogen-bond acceptors (Lipinski definition) is 3. The molecule has 2 aromatic rings. The van der Waals surface area contributed by atoms with Gasteiger partial charge in [0.05, 0.1) is 6.42 Å². The standard InChI is InChI=1S/C21H28N4O2/c1-16(25(4)18-11-6-5-7-12-18)15-22-21(27)23-19-13-9-8-10-17(19)14-20(26)24(2)3/h5-13,16H,14-15H2,1-4H3,(H2,22,23,27). The van der Waals surface area contributed by atoms with Crippen LogP contribution in [0.1, 0.15) is 12.5 Å². The number of para-hydroxylation sites is 2. The summed E-state index contributed by atoms with van der Waals surface area (Å²) in [5.74, 6) is -0.0113. The van der Waals surface area contributed by atoms with Gasteiger partial charge in [0, 0.05) is 45.1 Å². The van der Waals surface area contributed by atoms with Crippen molar-refractivity contribution in [2.75, 3.05) is 37.9 Å². The molecule has 0 aromatic heterocycles. The number of nitrogens with one attached hydrogen (secondary N) is 2. The number of likely N-dealkylation sites (N-methyl/N-ethyl adjacent to an activating group) is 2. The summed E-state index contributed by atoms with van der Waals surface area (Å²) in [6, 6.07) is 17.2. The smallest absolute Gasteiger partial charge is 0.319 e. The molecule has 144 valence electrons. The van der Waals surface area contributed by atoms with Crippen molar-refractivity contribution in [2.45, 2.75) is 19.4 Å². The fourth-order valence-electron chi connectivity index (χ4n) is 2.58. The first kappa shape index (κ1) is 20.3. The van der Waals surface area contributed by atoms with Crippen LogP contribution in [0.2, 0.25) is 0 Å². The first-order valence-corrected chi connectivity index (χ1v) is 8.99. The molecule has 2 N–H and O–H groups in total. The third-order valence-corrected chi connectivity index (χ3v) is 4.49. The van der Waals surface area contributed by atoms with Crippen LogP contribution in [0.5, 0.6) is 0 Å². The quantitative estimate of drug-likeness (QED) is 0.790. The molecule has 0 spiro atoms. The first-order chi connectivity index (χ1) is 12.9. The average Bonchev–Trinajstić information content (AvgIpc) is 2.67. The van der Waals surface area contributed by atoms with E-state index in [4.69, 9.17) is 0 Å². The molecule has 1 unspecified atom stereocenters. The summed E-state index contributed by atoms with van der Waals surface area (Å²) < 4.78 is 0. The molecule has 3 amide bonds. The zero-order valence-electron chi connectivity index (χ0n) is 16.4. The van der Waals surface area contributed by atoms with Crippen LogP contribution in [-0.4, -0.2) is 50.6 Å². The number of hydrogen-bond donors (Lipinski definition) is 2. The molecule has 2 aromatic carbocycles. The Labute approximate surface area is 161 Å². The highest BCUT2D eigenvalue weighted by Gasteiger charge is 2.13. The summed E-state index contributed by atoms with van der Waals surface area (Å²) in [4.78, 5) is 27.9. The molecule has 0 radical (unpaired) electrons. The van der Waals surface area contributed by atoms with Crippen LogP contribution in [0.25, 0.3) is 0 Å². The van der Waals surface area contributed by atoms with Crippen LogP contribution < -0.4 is 15.5 Å². The van der Waals surface area contributed by atoms with Gasteiger partial charge in [-0.25, -0.2) is 4.79 Å². The van der Waals surface area contributed by atoms with Crippen LogP contribution in [0.3, 0.4) is 0 Å². The van der Waals surface area contributed by atoms with E-state index in [-0.39, 0.29) is 24.4 Å². The highest BCUT2D eigenvalue weighted by Crippen LogP contribution is 2.16. The fraction of sp³-hybridized carbons (Fsp3) is 0.333. The topological polar surface area (TPSA) is 64.7 Å². The Balaban J connectivity index is 1.91. The van der Waals surface area contributed by atoms with Crippen LogP contribution in [0, 0.1) is 0 Å². The van der Waals surface area contributed by atoms with Crippen molar-refractivity contribution in [3.05, 3.63) is 60.2 Å². The van der Waals surface area contributed by atoms with Gasteiger partial charge in [-0.2, -0.15) is 0 Å². The molecule has 0 aliphatic carbocycles. The number of carbonyl (C=O) groups is 2. The largest absolute Gasteiger partial charge is 0.370 e. The number of rotatable bonds is 7. The van der Waals surface area contributed by atoms with Crippen molar-refractivity contribution in [3.63, 3.8) is 0 Å². The molecule has 0 aliphatic rings. The van der Waals surface area contributed by atoms with E-state index in [1.54, 1.807) is 20.2 Å².